The van der Waals surface area contributed by atoms with Crippen LogP contribution in [0, 0.1) is 5.92 Å². The van der Waals surface area contributed by atoms with Crippen LogP contribution in [0.5, 0.6) is 0 Å². The first-order valence-electron chi connectivity index (χ1n) is 5.10. The summed E-state index contributed by atoms with van der Waals surface area (Å²) in [5.41, 5.74) is 5.38. The van der Waals surface area contributed by atoms with Gasteiger partial charge in [0.2, 0.25) is 0 Å². The quantitative estimate of drug-likeness (QED) is 0.540. The monoisotopic (exact) mass is 217 g/mol. The van der Waals surface area contributed by atoms with Crippen molar-refractivity contribution in [3.63, 3.8) is 0 Å². The van der Waals surface area contributed by atoms with Gasteiger partial charge >= 0.3 is 5.97 Å². The normalized spacial score (nSPS) is 20.2. The van der Waals surface area contributed by atoms with Crippen LogP contribution in [-0.4, -0.2) is 30.1 Å². The van der Waals surface area contributed by atoms with E-state index in [9.17, 15) is 4.79 Å². The summed E-state index contributed by atoms with van der Waals surface area (Å²) in [6.07, 6.45) is 3.25. The van der Waals surface area contributed by atoms with Crippen molar-refractivity contribution in [1.29, 1.82) is 0 Å². The summed E-state index contributed by atoms with van der Waals surface area (Å²) in [7, 11) is 1.41. The van der Waals surface area contributed by atoms with E-state index in [1.807, 2.05) is 0 Å². The molecule has 1 atom stereocenters. The van der Waals surface area contributed by atoms with Crippen molar-refractivity contribution >= 4 is 17.7 Å². The number of carbonyl (C=O) groups is 1. The number of thioether (sulfide) groups is 1. The van der Waals surface area contributed by atoms with Gasteiger partial charge in [0.15, 0.2) is 0 Å². The topological polar surface area (TPSA) is 52.3 Å². The lowest BCUT2D eigenvalue weighted by Gasteiger charge is -2.25. The van der Waals surface area contributed by atoms with Gasteiger partial charge in [-0.15, -0.1) is 0 Å². The van der Waals surface area contributed by atoms with Crippen molar-refractivity contribution in [2.45, 2.75) is 31.7 Å². The van der Waals surface area contributed by atoms with Gasteiger partial charge in [-0.1, -0.05) is 6.92 Å². The first-order chi connectivity index (χ1) is 6.65. The molecule has 3 nitrogen and oxygen atoms in total. The van der Waals surface area contributed by atoms with Gasteiger partial charge in [0, 0.05) is 5.75 Å². The van der Waals surface area contributed by atoms with Crippen LogP contribution in [-0.2, 0) is 9.53 Å². The summed E-state index contributed by atoms with van der Waals surface area (Å²) in [6.45, 7) is 2.13. The van der Waals surface area contributed by atoms with E-state index in [-0.39, 0.29) is 5.97 Å². The maximum absolute atomic E-state index is 11.5. The molecular weight excluding hydrogens is 198 g/mol. The number of ether oxygens (including phenoxy) is 1. The van der Waals surface area contributed by atoms with Gasteiger partial charge in [0.05, 0.1) is 7.11 Å². The van der Waals surface area contributed by atoms with Gasteiger partial charge in [-0.2, -0.15) is 11.8 Å². The third-order valence-corrected chi connectivity index (χ3v) is 3.94. The number of hydrogen-bond donors (Lipinski definition) is 1. The first-order valence-corrected chi connectivity index (χ1v) is 6.25. The lowest BCUT2D eigenvalue weighted by molar-refractivity contribution is -0.146. The zero-order valence-corrected chi connectivity index (χ0v) is 9.73. The zero-order valence-electron chi connectivity index (χ0n) is 8.91. The van der Waals surface area contributed by atoms with E-state index in [4.69, 9.17) is 10.5 Å². The molecule has 0 heterocycles. The van der Waals surface area contributed by atoms with Crippen LogP contribution < -0.4 is 5.73 Å². The lowest BCUT2D eigenvalue weighted by atomic mass is 9.97. The molecule has 0 aromatic rings. The third kappa shape index (κ3) is 2.64. The Bertz CT molecular complexity index is 206. The van der Waals surface area contributed by atoms with Gasteiger partial charge in [-0.3, -0.25) is 4.79 Å². The third-order valence-electron chi connectivity index (χ3n) is 2.56. The molecule has 1 fully saturated rings. The Morgan fingerprint density at radius 2 is 2.29 bits per heavy atom. The maximum atomic E-state index is 11.5. The Balaban J connectivity index is 2.48. The number of rotatable bonds is 6. The predicted octanol–water partition coefficient (Wildman–Crippen LogP) is 1.41. The number of methoxy groups -OCH3 is 1. The number of carbonyl (C=O) groups excluding carboxylic acids is 1. The Morgan fingerprint density at radius 3 is 2.71 bits per heavy atom. The standard InChI is InChI=1S/C10H19NO2S/c1-3-6-14-7-10(11,8-4-5-8)9(12)13-2/h8H,3-7,11H2,1-2H3. The van der Waals surface area contributed by atoms with E-state index in [1.165, 1.54) is 7.11 Å². The van der Waals surface area contributed by atoms with E-state index < -0.39 is 5.54 Å². The minimum absolute atomic E-state index is 0.247. The molecule has 2 N–H and O–H groups in total. The number of nitrogens with two attached hydrogens (primary N) is 1. The fourth-order valence-electron chi connectivity index (χ4n) is 1.52. The Hall–Kier alpha value is -0.220. The Kier molecular flexibility index (Phi) is 4.26. The van der Waals surface area contributed by atoms with Crippen LogP contribution >= 0.6 is 11.8 Å². The maximum Gasteiger partial charge on any atom is 0.326 e. The van der Waals surface area contributed by atoms with E-state index in [2.05, 4.69) is 6.92 Å². The van der Waals surface area contributed by atoms with Gasteiger partial charge in [-0.05, 0) is 30.9 Å². The molecular formula is C10H19NO2S. The molecule has 1 rings (SSSR count). The molecule has 0 amide bonds. The van der Waals surface area contributed by atoms with Gasteiger partial charge in [-0.25, -0.2) is 0 Å². The summed E-state index contributed by atoms with van der Waals surface area (Å²) in [4.78, 5) is 11.5. The van der Waals surface area contributed by atoms with Gasteiger partial charge in [0.25, 0.3) is 0 Å². The van der Waals surface area contributed by atoms with Crippen LogP contribution in [0.2, 0.25) is 0 Å². The molecule has 1 saturated carbocycles. The van der Waals surface area contributed by atoms with Gasteiger partial charge < -0.3 is 10.5 Å². The smallest absolute Gasteiger partial charge is 0.326 e. The highest BCUT2D eigenvalue weighted by Gasteiger charge is 2.48. The first kappa shape index (κ1) is 11.9. The summed E-state index contributed by atoms with van der Waals surface area (Å²) in [6, 6.07) is 0. The van der Waals surface area contributed by atoms with Crippen molar-refractivity contribution in [3.8, 4) is 0 Å². The number of esters is 1. The molecule has 1 unspecified atom stereocenters. The lowest BCUT2D eigenvalue weighted by Crippen LogP contribution is -2.53. The molecule has 1 aliphatic carbocycles. The average Bonchev–Trinajstić information content (AvgIpc) is 3.00. The molecule has 4 heteroatoms. The highest BCUT2D eigenvalue weighted by atomic mass is 32.2. The van der Waals surface area contributed by atoms with Crippen LogP contribution in [0.4, 0.5) is 0 Å². The molecule has 0 aromatic heterocycles. The molecule has 0 aromatic carbocycles. The van der Waals surface area contributed by atoms with Crippen LogP contribution in [0.15, 0.2) is 0 Å². The molecule has 0 aliphatic heterocycles. The SMILES string of the molecule is CCCSCC(N)(C(=O)OC)C1CC1. The summed E-state index contributed by atoms with van der Waals surface area (Å²) >= 11 is 1.75. The predicted molar refractivity (Wildman–Crippen MR) is 59.3 cm³/mol. The number of hydrogen-bond acceptors (Lipinski definition) is 4. The second kappa shape index (κ2) is 5.03. The second-order valence-electron chi connectivity index (χ2n) is 3.86. The van der Waals surface area contributed by atoms with Crippen molar-refractivity contribution < 1.29 is 9.53 Å². The molecule has 0 radical (unpaired) electrons. The zero-order chi connectivity index (χ0) is 10.6. The molecule has 0 spiro atoms. The van der Waals surface area contributed by atoms with Crippen molar-refractivity contribution in [3.05, 3.63) is 0 Å². The Morgan fingerprint density at radius 1 is 1.64 bits per heavy atom. The largest absolute Gasteiger partial charge is 0.468 e. The summed E-state index contributed by atoms with van der Waals surface area (Å²) < 4.78 is 4.77. The molecule has 0 bridgehead atoms. The van der Waals surface area contributed by atoms with E-state index >= 15 is 0 Å². The van der Waals surface area contributed by atoms with E-state index in [0.29, 0.717) is 11.7 Å². The fraction of sp³-hybridized carbons (Fsp3) is 0.900. The molecule has 1 aliphatic rings. The van der Waals surface area contributed by atoms with Crippen LogP contribution in [0.1, 0.15) is 26.2 Å². The Labute approximate surface area is 89.8 Å². The van der Waals surface area contributed by atoms with Gasteiger partial charge in [0.1, 0.15) is 5.54 Å². The highest BCUT2D eigenvalue weighted by Crippen LogP contribution is 2.40. The van der Waals surface area contributed by atoms with E-state index in [1.54, 1.807) is 11.8 Å². The average molecular weight is 217 g/mol. The van der Waals surface area contributed by atoms with Crippen LogP contribution in [0.3, 0.4) is 0 Å². The molecule has 82 valence electrons. The molecule has 14 heavy (non-hydrogen) atoms. The highest BCUT2D eigenvalue weighted by molar-refractivity contribution is 7.99. The molecule has 0 saturated heterocycles. The minimum Gasteiger partial charge on any atom is -0.468 e. The van der Waals surface area contributed by atoms with Crippen molar-refractivity contribution in [2.24, 2.45) is 11.7 Å². The van der Waals surface area contributed by atoms with Crippen LogP contribution in [0.25, 0.3) is 0 Å². The fourth-order valence-corrected chi connectivity index (χ4v) is 2.64. The van der Waals surface area contributed by atoms with Crippen molar-refractivity contribution in [2.75, 3.05) is 18.6 Å². The second-order valence-corrected chi connectivity index (χ2v) is 4.96. The van der Waals surface area contributed by atoms with E-state index in [0.717, 1.165) is 25.0 Å². The summed E-state index contributed by atoms with van der Waals surface area (Å²) in [5.74, 6) is 1.85. The van der Waals surface area contributed by atoms with Crippen molar-refractivity contribution in [1.82, 2.24) is 0 Å². The minimum atomic E-state index is -0.728. The summed E-state index contributed by atoms with van der Waals surface area (Å²) in [5, 5.41) is 0.